The Hall–Kier alpha value is -4.46. The summed E-state index contributed by atoms with van der Waals surface area (Å²) in [6.45, 7) is 14.1. The standard InChI is InChI=1S/C30H32BrNO7.C11H19NO4/c1-16-5-10-24(32(16)29(36)39-30(2,3)4)28(35)38-15-25(33)18-6-8-20-19(11-18)14-37-26-13-21-17(12-22(20)26)7-9-23(31)27(21)34;1-7-5-6-8(9(13)14)12(7)10(15)16-11(2,3)4/h6,8,11-13,16,23-24H,5,7,9-10,14-15H2,1-4H3;7-8H,5-6H2,1-4H3,(H,13,14)/t16-,23?,24-;/m0./s1. The molecule has 298 valence electrons. The van der Waals surface area contributed by atoms with Crippen LogP contribution in [0.25, 0.3) is 11.1 Å². The highest BCUT2D eigenvalue weighted by Crippen LogP contribution is 2.42. The average molecular weight is 828 g/mol. The molecule has 6 rings (SSSR count). The van der Waals surface area contributed by atoms with Gasteiger partial charge in [-0.05, 0) is 129 Å². The third-order valence-electron chi connectivity index (χ3n) is 9.97. The number of rotatable bonds is 5. The molecule has 3 aliphatic heterocycles. The molecule has 3 unspecified atom stereocenters. The third kappa shape index (κ3) is 9.68. The van der Waals surface area contributed by atoms with Crippen molar-refractivity contribution in [2.45, 2.75) is 141 Å². The highest BCUT2D eigenvalue weighted by molar-refractivity contribution is 9.10. The van der Waals surface area contributed by atoms with Crippen molar-refractivity contribution < 1.29 is 52.8 Å². The maximum Gasteiger partial charge on any atom is 0.411 e. The predicted octanol–water partition coefficient (Wildman–Crippen LogP) is 7.51. The van der Waals surface area contributed by atoms with Crippen molar-refractivity contribution in [3.05, 3.63) is 52.6 Å². The Labute approximate surface area is 330 Å². The number of carbonyl (C=O) groups excluding carboxylic acids is 5. The summed E-state index contributed by atoms with van der Waals surface area (Å²) in [4.78, 5) is 76.5. The molecule has 0 spiro atoms. The van der Waals surface area contributed by atoms with Gasteiger partial charge in [0.15, 0.2) is 18.2 Å². The number of carboxylic acids is 1. The van der Waals surface area contributed by atoms with Crippen molar-refractivity contribution >= 4 is 51.6 Å². The van der Waals surface area contributed by atoms with Crippen molar-refractivity contribution in [1.82, 2.24) is 9.80 Å². The molecule has 0 aromatic heterocycles. The fraction of sp³-hybridized carbons (Fsp3) is 0.561. The minimum atomic E-state index is -0.963. The first-order valence-electron chi connectivity index (χ1n) is 18.7. The van der Waals surface area contributed by atoms with Crippen LogP contribution in [-0.2, 0) is 36.8 Å². The molecule has 2 amide bonds. The maximum atomic E-state index is 13.0. The molecule has 0 radical (unpaired) electrons. The Balaban J connectivity index is 0.000000305. The molecule has 13 nitrogen and oxygen atoms in total. The Morgan fingerprint density at radius 3 is 1.95 bits per heavy atom. The Morgan fingerprint density at radius 1 is 0.782 bits per heavy atom. The molecule has 2 aromatic carbocycles. The number of esters is 1. The second kappa shape index (κ2) is 16.3. The molecule has 14 heteroatoms. The van der Waals surface area contributed by atoms with Crippen LogP contribution in [0.5, 0.6) is 5.75 Å². The quantitative estimate of drug-likeness (QED) is 0.137. The maximum absolute atomic E-state index is 13.0. The normalized spacial score (nSPS) is 22.9. The Kier molecular flexibility index (Phi) is 12.4. The summed E-state index contributed by atoms with van der Waals surface area (Å²) < 4.78 is 22.0. The molecule has 4 aliphatic rings. The summed E-state index contributed by atoms with van der Waals surface area (Å²) in [6, 6.07) is 7.43. The van der Waals surface area contributed by atoms with Crippen molar-refractivity contribution in [1.29, 1.82) is 0 Å². The van der Waals surface area contributed by atoms with E-state index >= 15 is 0 Å². The highest BCUT2D eigenvalue weighted by Gasteiger charge is 2.43. The molecule has 1 N–H and O–H groups in total. The van der Waals surface area contributed by atoms with Crippen molar-refractivity contribution in [3.63, 3.8) is 0 Å². The monoisotopic (exact) mass is 826 g/mol. The number of alkyl halides is 1. The van der Waals surface area contributed by atoms with Gasteiger partial charge in [0.05, 0.1) is 4.83 Å². The van der Waals surface area contributed by atoms with Gasteiger partial charge >= 0.3 is 24.1 Å². The summed E-state index contributed by atoms with van der Waals surface area (Å²) in [5, 5.41) is 9.00. The summed E-state index contributed by atoms with van der Waals surface area (Å²) in [5.74, 6) is -1.19. The molecular weight excluding hydrogens is 776 g/mol. The lowest BCUT2D eigenvalue weighted by Crippen LogP contribution is -2.47. The van der Waals surface area contributed by atoms with E-state index in [1.54, 1.807) is 53.7 Å². The largest absolute Gasteiger partial charge is 0.488 e. The summed E-state index contributed by atoms with van der Waals surface area (Å²) in [7, 11) is 0. The van der Waals surface area contributed by atoms with E-state index in [0.717, 1.165) is 35.1 Å². The van der Waals surface area contributed by atoms with Crippen molar-refractivity contribution in [2.75, 3.05) is 6.61 Å². The first-order chi connectivity index (χ1) is 25.6. The predicted molar refractivity (Wildman–Crippen MR) is 206 cm³/mol. The van der Waals surface area contributed by atoms with Crippen molar-refractivity contribution in [2.24, 2.45) is 0 Å². The number of ether oxygens (including phenoxy) is 4. The van der Waals surface area contributed by atoms with E-state index in [9.17, 15) is 28.8 Å². The lowest BCUT2D eigenvalue weighted by atomic mass is 9.85. The van der Waals surface area contributed by atoms with E-state index in [1.807, 2.05) is 32.0 Å². The van der Waals surface area contributed by atoms with Gasteiger partial charge in [0.2, 0.25) is 0 Å². The van der Waals surface area contributed by atoms with Gasteiger partial charge < -0.3 is 24.1 Å². The van der Waals surface area contributed by atoms with Crippen LogP contribution in [0.4, 0.5) is 9.59 Å². The number of aryl methyl sites for hydroxylation is 1. The molecule has 2 saturated heterocycles. The molecule has 0 bridgehead atoms. The number of carbonyl (C=O) groups is 6. The van der Waals surface area contributed by atoms with E-state index in [0.29, 0.717) is 42.6 Å². The summed E-state index contributed by atoms with van der Waals surface area (Å²) in [5.41, 5.74) is 3.53. The number of aliphatic carboxylic acids is 1. The first kappa shape index (κ1) is 41.7. The van der Waals surface area contributed by atoms with Crippen LogP contribution in [0.1, 0.15) is 119 Å². The number of hydrogen-bond donors (Lipinski definition) is 1. The highest BCUT2D eigenvalue weighted by atomic mass is 79.9. The number of ketones is 2. The first-order valence-corrected chi connectivity index (χ1v) is 19.6. The minimum absolute atomic E-state index is 0.0732. The molecule has 0 saturated carbocycles. The fourth-order valence-electron chi connectivity index (χ4n) is 7.28. The summed E-state index contributed by atoms with van der Waals surface area (Å²) >= 11 is 3.45. The zero-order valence-electron chi connectivity index (χ0n) is 32.7. The number of amides is 2. The number of Topliss-reactive ketones (excluding diaryl/α,β-unsaturated/α-hetero) is 2. The minimum Gasteiger partial charge on any atom is -0.488 e. The van der Waals surface area contributed by atoms with Gasteiger partial charge in [-0.1, -0.05) is 28.1 Å². The zero-order chi connectivity index (χ0) is 40.6. The van der Waals surface area contributed by atoms with E-state index < -0.39 is 54.0 Å². The van der Waals surface area contributed by atoms with Gasteiger partial charge in [0.1, 0.15) is 35.6 Å². The topological polar surface area (TPSA) is 166 Å². The number of nitrogens with zero attached hydrogens (tertiary/aromatic N) is 2. The summed E-state index contributed by atoms with van der Waals surface area (Å²) in [6.07, 6.45) is 2.75. The third-order valence-corrected chi connectivity index (χ3v) is 10.8. The number of carboxylic acid groups (broad SMARTS) is 1. The molecule has 3 heterocycles. The van der Waals surface area contributed by atoms with Crippen LogP contribution in [0.2, 0.25) is 0 Å². The second-order valence-electron chi connectivity index (χ2n) is 16.6. The molecule has 55 heavy (non-hydrogen) atoms. The lowest BCUT2D eigenvalue weighted by molar-refractivity contribution is -0.148. The van der Waals surface area contributed by atoms with Crippen LogP contribution in [0.3, 0.4) is 0 Å². The fourth-order valence-corrected chi connectivity index (χ4v) is 7.76. The molecule has 2 fully saturated rings. The van der Waals surface area contributed by atoms with Crippen LogP contribution in [0, 0.1) is 0 Å². The Bertz CT molecular complexity index is 1860. The number of benzene rings is 2. The van der Waals surface area contributed by atoms with Crippen LogP contribution >= 0.6 is 15.9 Å². The van der Waals surface area contributed by atoms with Gasteiger partial charge in [0, 0.05) is 28.8 Å². The number of hydrogen-bond acceptors (Lipinski definition) is 10. The van der Waals surface area contributed by atoms with Gasteiger partial charge in [0.25, 0.3) is 0 Å². The SMILES string of the molecule is CC1CCC(C(=O)O)N1C(=O)OC(C)(C)C.C[C@H]1CC[C@@H](C(=O)OCC(=O)c2ccc3c(c2)COc2cc4c(cc2-3)CCC(Br)C4=O)N1C(=O)OC(C)(C)C. The van der Waals surface area contributed by atoms with E-state index in [1.165, 1.54) is 9.80 Å². The van der Waals surface area contributed by atoms with Gasteiger partial charge in [-0.25, -0.2) is 19.2 Å². The molecule has 1 aliphatic carbocycles. The molecule has 5 atom stereocenters. The average Bonchev–Trinajstić information content (AvgIpc) is 3.69. The molecule has 2 aromatic rings. The number of fused-ring (bicyclic) bond motifs is 4. The second-order valence-corrected chi connectivity index (χ2v) is 17.7. The lowest BCUT2D eigenvalue weighted by Gasteiger charge is -2.30. The smallest absolute Gasteiger partial charge is 0.411 e. The number of halogens is 1. The van der Waals surface area contributed by atoms with E-state index in [2.05, 4.69) is 15.9 Å². The molecular formula is C41H51BrN2O11. The van der Waals surface area contributed by atoms with Gasteiger partial charge in [-0.15, -0.1) is 0 Å². The van der Waals surface area contributed by atoms with E-state index in [-0.39, 0.29) is 35.1 Å². The van der Waals surface area contributed by atoms with Crippen LogP contribution in [-0.4, -0.2) is 97.4 Å². The van der Waals surface area contributed by atoms with Gasteiger partial charge in [-0.2, -0.15) is 0 Å². The number of likely N-dealkylation sites (tertiary alicyclic amines) is 2. The zero-order valence-corrected chi connectivity index (χ0v) is 34.3. The van der Waals surface area contributed by atoms with Crippen LogP contribution < -0.4 is 4.74 Å². The Morgan fingerprint density at radius 2 is 1.36 bits per heavy atom. The van der Waals surface area contributed by atoms with Crippen LogP contribution in [0.15, 0.2) is 30.3 Å². The van der Waals surface area contributed by atoms with Crippen molar-refractivity contribution in [3.8, 4) is 16.9 Å². The van der Waals surface area contributed by atoms with E-state index in [4.69, 9.17) is 24.1 Å². The van der Waals surface area contributed by atoms with Gasteiger partial charge in [-0.3, -0.25) is 19.4 Å².